The highest BCUT2D eigenvalue weighted by molar-refractivity contribution is 6.31. The highest BCUT2D eigenvalue weighted by Crippen LogP contribution is 2.34. The van der Waals surface area contributed by atoms with Crippen LogP contribution in [0.2, 0.25) is 5.02 Å². The third-order valence-corrected chi connectivity index (χ3v) is 5.99. The van der Waals surface area contributed by atoms with Crippen molar-refractivity contribution in [2.24, 2.45) is 0 Å². The Hall–Kier alpha value is -2.46. The van der Waals surface area contributed by atoms with E-state index in [4.69, 9.17) is 16.3 Å². The number of likely N-dealkylation sites (N-methyl/N-ethyl adjacent to an activating group) is 1. The molecule has 0 aromatic heterocycles. The van der Waals surface area contributed by atoms with Gasteiger partial charge in [0.05, 0.1) is 6.61 Å². The number of phenolic OH excluding ortho intramolecular Hbond substituents is 1. The third-order valence-electron chi connectivity index (χ3n) is 5.62. The van der Waals surface area contributed by atoms with Crippen molar-refractivity contribution < 1.29 is 35.1 Å². The lowest BCUT2D eigenvalue weighted by Crippen LogP contribution is -2.55. The number of benzene rings is 2. The summed E-state index contributed by atoms with van der Waals surface area (Å²) in [5, 5.41) is 50.6. The number of carbonyl (C=O) groups is 1. The smallest absolute Gasteiger partial charge is 0.246 e. The molecule has 0 bridgehead atoms. The van der Waals surface area contributed by atoms with Gasteiger partial charge in [-0.25, -0.2) is 0 Å². The van der Waals surface area contributed by atoms with E-state index in [0.717, 1.165) is 5.56 Å². The summed E-state index contributed by atoms with van der Waals surface area (Å²) in [7, 11) is 3.26. The number of amides is 1. The molecule has 0 saturated carbocycles. The van der Waals surface area contributed by atoms with Crippen molar-refractivity contribution in [3.05, 3.63) is 69.8 Å². The second-order valence-electron chi connectivity index (χ2n) is 8.24. The van der Waals surface area contributed by atoms with Gasteiger partial charge in [0.1, 0.15) is 36.3 Å². The van der Waals surface area contributed by atoms with Crippen LogP contribution in [0.4, 0.5) is 0 Å². The Morgan fingerprint density at radius 3 is 2.48 bits per heavy atom. The van der Waals surface area contributed by atoms with E-state index in [1.165, 1.54) is 23.1 Å². The fourth-order valence-corrected chi connectivity index (χ4v) is 3.85. The van der Waals surface area contributed by atoms with Crippen molar-refractivity contribution in [2.45, 2.75) is 36.9 Å². The molecule has 1 amide bonds. The Morgan fingerprint density at radius 1 is 1.09 bits per heavy atom. The van der Waals surface area contributed by atoms with Crippen LogP contribution >= 0.6 is 11.6 Å². The molecule has 3 rings (SSSR count). The summed E-state index contributed by atoms with van der Waals surface area (Å²) in [6, 6.07) is 10.0. The van der Waals surface area contributed by atoms with E-state index >= 15 is 0 Å². The first-order chi connectivity index (χ1) is 15.6. The SMILES string of the molecule is CN(C)C(=O)/C=C/c1cc(Cc2cc([C@@H]3O[C@H](CO)[C@@H](O)[C@H](O)[C@H]3O)ccc2Cl)ccc1O. The number of aliphatic hydroxyl groups is 4. The number of hydrogen-bond donors (Lipinski definition) is 5. The van der Waals surface area contributed by atoms with Crippen LogP contribution in [0.15, 0.2) is 42.5 Å². The van der Waals surface area contributed by atoms with Gasteiger partial charge in [-0.15, -0.1) is 0 Å². The van der Waals surface area contributed by atoms with Gasteiger partial charge in [-0.2, -0.15) is 0 Å². The standard InChI is InChI=1S/C24H28ClNO7/c1-26(2)20(29)8-5-14-9-13(3-7-18(14)28)10-16-11-15(4-6-17(16)25)24-23(32)22(31)21(30)19(12-27)33-24/h3-9,11,19,21-24,27-28,30-32H,10,12H2,1-2H3/b8-5+/t19-,21-,22+,23-,24+/m1/s1. The summed E-state index contributed by atoms with van der Waals surface area (Å²) in [6.07, 6.45) is -3.00. The molecular formula is C24H28ClNO7. The van der Waals surface area contributed by atoms with Crippen LogP contribution in [0, 0.1) is 0 Å². The van der Waals surface area contributed by atoms with Gasteiger partial charge in [-0.1, -0.05) is 29.8 Å². The quantitative estimate of drug-likeness (QED) is 0.396. The Morgan fingerprint density at radius 2 is 1.82 bits per heavy atom. The van der Waals surface area contributed by atoms with E-state index in [2.05, 4.69) is 0 Å². The van der Waals surface area contributed by atoms with E-state index in [1.807, 2.05) is 0 Å². The minimum Gasteiger partial charge on any atom is -0.507 e. The zero-order valence-electron chi connectivity index (χ0n) is 18.3. The number of ether oxygens (including phenoxy) is 1. The molecule has 5 atom stereocenters. The van der Waals surface area contributed by atoms with Crippen LogP contribution in [0.5, 0.6) is 5.75 Å². The van der Waals surface area contributed by atoms with Gasteiger partial charge in [0.25, 0.3) is 0 Å². The number of halogens is 1. The van der Waals surface area contributed by atoms with E-state index in [0.29, 0.717) is 28.1 Å². The highest BCUT2D eigenvalue weighted by Gasteiger charge is 2.44. The number of rotatable bonds is 6. The van der Waals surface area contributed by atoms with Gasteiger partial charge < -0.3 is 35.2 Å². The number of aliphatic hydroxyl groups excluding tert-OH is 4. The molecule has 5 N–H and O–H groups in total. The van der Waals surface area contributed by atoms with E-state index in [1.54, 1.807) is 44.4 Å². The van der Waals surface area contributed by atoms with E-state index in [-0.39, 0.29) is 11.7 Å². The lowest BCUT2D eigenvalue weighted by atomic mass is 9.90. The molecule has 0 spiro atoms. The van der Waals surface area contributed by atoms with Crippen molar-refractivity contribution in [3.8, 4) is 5.75 Å². The van der Waals surface area contributed by atoms with Crippen LogP contribution in [0.25, 0.3) is 6.08 Å². The minimum atomic E-state index is -1.48. The van der Waals surface area contributed by atoms with Gasteiger partial charge >= 0.3 is 0 Å². The topological polar surface area (TPSA) is 131 Å². The number of carbonyl (C=O) groups excluding carboxylic acids is 1. The largest absolute Gasteiger partial charge is 0.507 e. The number of hydrogen-bond acceptors (Lipinski definition) is 7. The van der Waals surface area contributed by atoms with Crippen molar-refractivity contribution in [1.29, 1.82) is 0 Å². The predicted molar refractivity (Wildman–Crippen MR) is 123 cm³/mol. The molecule has 1 aliphatic heterocycles. The monoisotopic (exact) mass is 477 g/mol. The Balaban J connectivity index is 1.86. The predicted octanol–water partition coefficient (Wildman–Crippen LogP) is 1.25. The second-order valence-corrected chi connectivity index (χ2v) is 8.64. The summed E-state index contributed by atoms with van der Waals surface area (Å²) in [6.45, 7) is -0.512. The summed E-state index contributed by atoms with van der Waals surface area (Å²) >= 11 is 6.39. The maximum atomic E-state index is 11.8. The molecule has 1 saturated heterocycles. The van der Waals surface area contributed by atoms with Gasteiger partial charge in [0.2, 0.25) is 5.91 Å². The first-order valence-corrected chi connectivity index (χ1v) is 10.8. The Bertz CT molecular complexity index is 1020. The van der Waals surface area contributed by atoms with Crippen molar-refractivity contribution >= 4 is 23.6 Å². The van der Waals surface area contributed by atoms with Crippen LogP contribution in [-0.2, 0) is 16.0 Å². The summed E-state index contributed by atoms with van der Waals surface area (Å²) < 4.78 is 5.64. The van der Waals surface area contributed by atoms with Crippen molar-refractivity contribution in [1.82, 2.24) is 4.90 Å². The molecule has 1 fully saturated rings. The summed E-state index contributed by atoms with van der Waals surface area (Å²) in [5.41, 5.74) is 2.53. The van der Waals surface area contributed by atoms with E-state index in [9.17, 15) is 30.3 Å². The van der Waals surface area contributed by atoms with Gasteiger partial charge in [0.15, 0.2) is 0 Å². The fourth-order valence-electron chi connectivity index (χ4n) is 3.66. The first kappa shape index (κ1) is 25.2. The number of aromatic hydroxyl groups is 1. The zero-order valence-corrected chi connectivity index (χ0v) is 19.1. The van der Waals surface area contributed by atoms with Crippen molar-refractivity contribution in [3.63, 3.8) is 0 Å². The lowest BCUT2D eigenvalue weighted by molar-refractivity contribution is -0.231. The normalized spacial score (nSPS) is 25.4. The Labute approximate surface area is 196 Å². The van der Waals surface area contributed by atoms with E-state index < -0.39 is 37.1 Å². The van der Waals surface area contributed by atoms with Gasteiger partial charge in [-0.3, -0.25) is 4.79 Å². The molecule has 1 aliphatic rings. The van der Waals surface area contributed by atoms with Crippen LogP contribution in [0.3, 0.4) is 0 Å². The van der Waals surface area contributed by atoms with Gasteiger partial charge in [0, 0.05) is 30.8 Å². The third kappa shape index (κ3) is 5.73. The Kier molecular flexibility index (Phi) is 8.12. The second kappa shape index (κ2) is 10.6. The molecule has 9 heteroatoms. The maximum absolute atomic E-state index is 11.8. The summed E-state index contributed by atoms with van der Waals surface area (Å²) in [5.74, 6) is -0.183. The summed E-state index contributed by atoms with van der Waals surface area (Å²) in [4.78, 5) is 13.2. The molecule has 0 radical (unpaired) electrons. The van der Waals surface area contributed by atoms with Gasteiger partial charge in [-0.05, 0) is 47.4 Å². The number of nitrogens with zero attached hydrogens (tertiary/aromatic N) is 1. The highest BCUT2D eigenvalue weighted by atomic mass is 35.5. The van der Waals surface area contributed by atoms with Crippen LogP contribution in [0.1, 0.15) is 28.4 Å². The molecule has 8 nitrogen and oxygen atoms in total. The average Bonchev–Trinajstić information content (AvgIpc) is 2.79. The van der Waals surface area contributed by atoms with Crippen LogP contribution < -0.4 is 0 Å². The molecule has 0 unspecified atom stereocenters. The average molecular weight is 478 g/mol. The molecule has 1 heterocycles. The fraction of sp³-hybridized carbons (Fsp3) is 0.375. The first-order valence-electron chi connectivity index (χ1n) is 10.4. The molecular weight excluding hydrogens is 450 g/mol. The maximum Gasteiger partial charge on any atom is 0.246 e. The zero-order chi connectivity index (χ0) is 24.3. The lowest BCUT2D eigenvalue weighted by Gasteiger charge is -2.40. The minimum absolute atomic E-state index is 0.0303. The molecule has 0 aliphatic carbocycles. The van der Waals surface area contributed by atoms with Crippen LogP contribution in [-0.4, -0.2) is 81.5 Å². The number of phenols is 1. The molecule has 178 valence electrons. The molecule has 2 aromatic rings. The molecule has 2 aromatic carbocycles. The molecule has 33 heavy (non-hydrogen) atoms. The van der Waals surface area contributed by atoms with Crippen molar-refractivity contribution in [2.75, 3.05) is 20.7 Å².